The number of hydrogen-bond donors (Lipinski definition) is 1. The highest BCUT2D eigenvalue weighted by Gasteiger charge is 2.31. The van der Waals surface area contributed by atoms with Crippen molar-refractivity contribution in [1.29, 1.82) is 0 Å². The van der Waals surface area contributed by atoms with E-state index in [0.717, 1.165) is 19.2 Å². The lowest BCUT2D eigenvalue weighted by Gasteiger charge is -2.14. The summed E-state index contributed by atoms with van der Waals surface area (Å²) in [5, 5.41) is 9.89. The second-order valence-corrected chi connectivity index (χ2v) is 4.44. The van der Waals surface area contributed by atoms with Gasteiger partial charge in [-0.25, -0.2) is 4.79 Å². The van der Waals surface area contributed by atoms with E-state index in [1.165, 1.54) is 0 Å². The average molecular weight is 332 g/mol. The van der Waals surface area contributed by atoms with Crippen LogP contribution >= 0.6 is 0 Å². The van der Waals surface area contributed by atoms with Crippen LogP contribution in [0.15, 0.2) is 24.3 Å². The zero-order chi connectivity index (χ0) is 17.6. The summed E-state index contributed by atoms with van der Waals surface area (Å²) in [6.45, 7) is 2.00. The maximum absolute atomic E-state index is 12.8. The first-order chi connectivity index (χ1) is 10.7. The molecule has 23 heavy (non-hydrogen) atoms. The van der Waals surface area contributed by atoms with E-state index >= 15 is 0 Å². The van der Waals surface area contributed by atoms with E-state index in [1.54, 1.807) is 6.92 Å². The van der Waals surface area contributed by atoms with Crippen molar-refractivity contribution in [2.24, 2.45) is 0 Å². The molecule has 8 heteroatoms. The number of halogens is 3. The van der Waals surface area contributed by atoms with Crippen LogP contribution in [-0.4, -0.2) is 30.6 Å². The molecule has 1 aromatic carbocycles. The van der Waals surface area contributed by atoms with Gasteiger partial charge >= 0.3 is 12.1 Å². The number of aliphatic hydroxyl groups is 1. The number of rotatable bonds is 6. The highest BCUT2D eigenvalue weighted by molar-refractivity contribution is 6.39. The molecule has 0 fully saturated rings. The Hall–Kier alpha value is -2.51. The Kier molecular flexibility index (Phi) is 6.18. The van der Waals surface area contributed by atoms with Crippen molar-refractivity contribution < 1.29 is 37.3 Å². The number of alkyl halides is 3. The van der Waals surface area contributed by atoms with Crippen molar-refractivity contribution in [3.05, 3.63) is 35.4 Å². The molecule has 1 N–H and O–H groups in total. The van der Waals surface area contributed by atoms with Gasteiger partial charge in [0.15, 0.2) is 0 Å². The van der Waals surface area contributed by atoms with Crippen molar-refractivity contribution in [1.82, 2.24) is 0 Å². The van der Waals surface area contributed by atoms with Crippen LogP contribution in [0.4, 0.5) is 13.2 Å². The lowest BCUT2D eigenvalue weighted by molar-refractivity contribution is -0.149. The number of hydrogen-bond acceptors (Lipinski definition) is 5. The standard InChI is InChI=1S/C15H15F3O5/c1-3-6-23-13-5-4-9(15(16,17)18)7-10(13)11(19)8-12(20)14(21)22-2/h4-5,7-8,19H,3,6H2,1-2H3/b11-8-. The SMILES string of the molecule is CCCOc1ccc(C(F)(F)F)cc1/C(O)=C/C(=O)C(=O)OC. The topological polar surface area (TPSA) is 72.8 Å². The highest BCUT2D eigenvalue weighted by atomic mass is 19.4. The molecule has 0 bridgehead atoms. The molecule has 0 aliphatic heterocycles. The Labute approximate surface area is 130 Å². The Bertz CT molecular complexity index is 620. The third kappa shape index (κ3) is 5.01. The van der Waals surface area contributed by atoms with E-state index in [1.807, 2.05) is 0 Å². The highest BCUT2D eigenvalue weighted by Crippen LogP contribution is 2.34. The van der Waals surface area contributed by atoms with Crippen LogP contribution in [0.5, 0.6) is 5.75 Å². The van der Waals surface area contributed by atoms with Crippen molar-refractivity contribution in [3.8, 4) is 5.75 Å². The minimum absolute atomic E-state index is 0.0359. The predicted octanol–water partition coefficient (Wildman–Crippen LogP) is 3.14. The van der Waals surface area contributed by atoms with Crippen LogP contribution in [0.2, 0.25) is 0 Å². The van der Waals surface area contributed by atoms with Crippen LogP contribution < -0.4 is 4.74 Å². The van der Waals surface area contributed by atoms with Gasteiger partial charge in [-0.05, 0) is 24.6 Å². The molecule has 5 nitrogen and oxygen atoms in total. The fourth-order valence-electron chi connectivity index (χ4n) is 1.61. The fourth-order valence-corrected chi connectivity index (χ4v) is 1.61. The number of aliphatic hydroxyl groups excluding tert-OH is 1. The third-order valence-corrected chi connectivity index (χ3v) is 2.70. The molecule has 1 aromatic rings. The number of methoxy groups -OCH3 is 1. The van der Waals surface area contributed by atoms with Gasteiger partial charge in [-0.15, -0.1) is 0 Å². The summed E-state index contributed by atoms with van der Waals surface area (Å²) in [5.41, 5.74) is -1.37. The maximum Gasteiger partial charge on any atom is 0.416 e. The van der Waals surface area contributed by atoms with Gasteiger partial charge in [-0.1, -0.05) is 6.92 Å². The van der Waals surface area contributed by atoms with E-state index < -0.39 is 29.3 Å². The average Bonchev–Trinajstić information content (AvgIpc) is 2.50. The molecule has 0 aliphatic rings. The van der Waals surface area contributed by atoms with Crippen LogP contribution in [0.3, 0.4) is 0 Å². The van der Waals surface area contributed by atoms with Crippen molar-refractivity contribution >= 4 is 17.5 Å². The predicted molar refractivity (Wildman–Crippen MR) is 74.9 cm³/mol. The maximum atomic E-state index is 12.8. The lowest BCUT2D eigenvalue weighted by atomic mass is 10.1. The molecule has 0 saturated carbocycles. The summed E-state index contributed by atoms with van der Waals surface area (Å²) >= 11 is 0. The number of carbonyl (C=O) groups is 2. The van der Waals surface area contributed by atoms with Gasteiger partial charge in [0, 0.05) is 6.08 Å². The summed E-state index contributed by atoms with van der Waals surface area (Å²) in [6, 6.07) is 2.48. The van der Waals surface area contributed by atoms with E-state index in [4.69, 9.17) is 4.74 Å². The zero-order valence-corrected chi connectivity index (χ0v) is 12.4. The Morgan fingerprint density at radius 1 is 1.30 bits per heavy atom. The smallest absolute Gasteiger partial charge is 0.416 e. The molecule has 0 amide bonds. The third-order valence-electron chi connectivity index (χ3n) is 2.70. The molecule has 0 heterocycles. The monoisotopic (exact) mass is 332 g/mol. The van der Waals surface area contributed by atoms with E-state index in [-0.39, 0.29) is 17.9 Å². The molecule has 0 radical (unpaired) electrons. The molecule has 0 unspecified atom stereocenters. The molecule has 1 rings (SSSR count). The number of benzene rings is 1. The number of esters is 1. The van der Waals surface area contributed by atoms with Gasteiger partial charge in [0.1, 0.15) is 11.5 Å². The first kappa shape index (κ1) is 18.5. The quantitative estimate of drug-likeness (QED) is 0.375. The number of carbonyl (C=O) groups excluding carboxylic acids is 2. The molecular formula is C15H15F3O5. The minimum Gasteiger partial charge on any atom is -0.507 e. The van der Waals surface area contributed by atoms with Crippen molar-refractivity contribution in [2.75, 3.05) is 13.7 Å². The molecule has 0 aromatic heterocycles. The number of ketones is 1. The largest absolute Gasteiger partial charge is 0.507 e. The van der Waals surface area contributed by atoms with Gasteiger partial charge in [0.2, 0.25) is 0 Å². The van der Waals surface area contributed by atoms with E-state index in [9.17, 15) is 27.9 Å². The molecule has 0 aliphatic carbocycles. The van der Waals surface area contributed by atoms with Gasteiger partial charge in [-0.3, -0.25) is 4.79 Å². The fraction of sp³-hybridized carbons (Fsp3) is 0.333. The lowest BCUT2D eigenvalue weighted by Crippen LogP contribution is -2.13. The summed E-state index contributed by atoms with van der Waals surface area (Å²) < 4.78 is 47.7. The van der Waals surface area contributed by atoms with Crippen LogP contribution in [-0.2, 0) is 20.5 Å². The normalized spacial score (nSPS) is 12.0. The van der Waals surface area contributed by atoms with E-state index in [0.29, 0.717) is 18.6 Å². The van der Waals surface area contributed by atoms with E-state index in [2.05, 4.69) is 4.74 Å². The zero-order valence-electron chi connectivity index (χ0n) is 12.4. The van der Waals surface area contributed by atoms with Crippen molar-refractivity contribution in [3.63, 3.8) is 0 Å². The molecular weight excluding hydrogens is 317 g/mol. The van der Waals surface area contributed by atoms with Crippen molar-refractivity contribution in [2.45, 2.75) is 19.5 Å². The molecule has 0 atom stereocenters. The second-order valence-electron chi connectivity index (χ2n) is 4.44. The Balaban J connectivity index is 3.30. The van der Waals surface area contributed by atoms with Crippen LogP contribution in [0.25, 0.3) is 5.76 Å². The van der Waals surface area contributed by atoms with Gasteiger partial charge < -0.3 is 14.6 Å². The van der Waals surface area contributed by atoms with Gasteiger partial charge in [-0.2, -0.15) is 13.2 Å². The summed E-state index contributed by atoms with van der Waals surface area (Å²) in [4.78, 5) is 22.4. The van der Waals surface area contributed by atoms with Gasteiger partial charge in [0.05, 0.1) is 24.8 Å². The Morgan fingerprint density at radius 3 is 2.48 bits per heavy atom. The summed E-state index contributed by atoms with van der Waals surface area (Å²) in [7, 11) is 0.963. The second kappa shape index (κ2) is 7.66. The van der Waals surface area contributed by atoms with Crippen LogP contribution in [0.1, 0.15) is 24.5 Å². The Morgan fingerprint density at radius 2 is 1.96 bits per heavy atom. The van der Waals surface area contributed by atoms with Gasteiger partial charge in [0.25, 0.3) is 5.78 Å². The summed E-state index contributed by atoms with van der Waals surface area (Å²) in [6.07, 6.45) is -3.56. The first-order valence-corrected chi connectivity index (χ1v) is 6.58. The number of ether oxygens (including phenoxy) is 2. The molecule has 0 spiro atoms. The molecule has 126 valence electrons. The van der Waals surface area contributed by atoms with Crippen LogP contribution in [0, 0.1) is 0 Å². The summed E-state index contributed by atoms with van der Waals surface area (Å²) in [5.74, 6) is -3.31. The molecule has 0 saturated heterocycles. The first-order valence-electron chi connectivity index (χ1n) is 6.58. The minimum atomic E-state index is -4.63.